The molecule has 1 saturated carbocycles. The Hall–Kier alpha value is -2.05. The second kappa shape index (κ2) is 8.00. The van der Waals surface area contributed by atoms with Crippen LogP contribution in [-0.2, 0) is 11.2 Å². The van der Waals surface area contributed by atoms with Crippen molar-refractivity contribution >= 4 is 22.9 Å². The molecular weight excluding hydrogens is 382 g/mol. The Kier molecular flexibility index (Phi) is 5.22. The molecule has 1 unspecified atom stereocenters. The summed E-state index contributed by atoms with van der Waals surface area (Å²) >= 11 is 1.90. The summed E-state index contributed by atoms with van der Waals surface area (Å²) in [6, 6.07) is 11.0. The highest BCUT2D eigenvalue weighted by atomic mass is 32.1. The fraction of sp³-hybridized carbons (Fsp3) is 0.522. The molecule has 1 saturated heterocycles. The molecule has 1 amide bonds. The van der Waals surface area contributed by atoms with Crippen molar-refractivity contribution in [2.75, 3.05) is 51.3 Å². The molecule has 1 aliphatic carbocycles. The molecule has 154 valence electrons. The average molecular weight is 413 g/mol. The number of para-hydroxylation sites is 2. The van der Waals surface area contributed by atoms with Gasteiger partial charge in [-0.2, -0.15) is 0 Å². The van der Waals surface area contributed by atoms with E-state index in [1.54, 1.807) is 12.0 Å². The smallest absolute Gasteiger partial charge is 0.277 e. The van der Waals surface area contributed by atoms with Crippen LogP contribution in [0.1, 0.15) is 29.3 Å². The molecule has 3 aliphatic rings. The molecule has 0 spiro atoms. The second-order valence-electron chi connectivity index (χ2n) is 8.49. The zero-order chi connectivity index (χ0) is 19.8. The molecule has 2 fully saturated rings. The van der Waals surface area contributed by atoms with E-state index in [4.69, 9.17) is 4.74 Å². The van der Waals surface area contributed by atoms with E-state index in [0.717, 1.165) is 56.5 Å². The number of benzene rings is 1. The lowest BCUT2D eigenvalue weighted by atomic mass is 9.96. The molecule has 29 heavy (non-hydrogen) atoms. The fourth-order valence-electron chi connectivity index (χ4n) is 5.09. The van der Waals surface area contributed by atoms with E-state index in [9.17, 15) is 4.79 Å². The third-order valence-electron chi connectivity index (χ3n) is 6.76. The number of ether oxygens (including phenoxy) is 1. The van der Waals surface area contributed by atoms with E-state index < -0.39 is 0 Å². The maximum absolute atomic E-state index is 13.1. The number of anilines is 1. The molecule has 1 aromatic heterocycles. The first kappa shape index (κ1) is 18.9. The predicted molar refractivity (Wildman–Crippen MR) is 116 cm³/mol. The van der Waals surface area contributed by atoms with Gasteiger partial charge in [0.25, 0.3) is 5.91 Å². The summed E-state index contributed by atoms with van der Waals surface area (Å²) in [4.78, 5) is 20.6. The van der Waals surface area contributed by atoms with E-state index in [0.29, 0.717) is 18.5 Å². The standard InChI is InChI=1S/C23H29N3O2S/c1-28-20-5-3-2-4-19(20)24-11-13-25(14-12-24)22(27)16-26-10-8-21-18(9-15-29-21)23(26)17-6-7-17/h2-5,9,15,17,23H,6-8,10-14,16H2,1H3/p+1/t23-/m1/s1. The third-order valence-corrected chi connectivity index (χ3v) is 7.75. The monoisotopic (exact) mass is 412 g/mol. The molecule has 2 aliphatic heterocycles. The van der Waals surface area contributed by atoms with E-state index in [2.05, 4.69) is 27.3 Å². The maximum Gasteiger partial charge on any atom is 0.277 e. The van der Waals surface area contributed by atoms with E-state index in [-0.39, 0.29) is 0 Å². The third kappa shape index (κ3) is 3.76. The Bertz CT molecular complexity index is 871. The Morgan fingerprint density at radius 2 is 1.97 bits per heavy atom. The van der Waals surface area contributed by atoms with E-state index >= 15 is 0 Å². The Labute approximate surface area is 176 Å². The number of rotatable bonds is 5. The molecule has 0 radical (unpaired) electrons. The first-order valence-electron chi connectivity index (χ1n) is 10.8. The summed E-state index contributed by atoms with van der Waals surface area (Å²) in [6.45, 7) is 5.06. The summed E-state index contributed by atoms with van der Waals surface area (Å²) in [5, 5.41) is 2.24. The van der Waals surface area contributed by atoms with Crippen LogP contribution in [0.25, 0.3) is 0 Å². The number of carbonyl (C=O) groups is 1. The summed E-state index contributed by atoms with van der Waals surface area (Å²) in [5.41, 5.74) is 2.66. The van der Waals surface area contributed by atoms with Crippen molar-refractivity contribution in [3.63, 3.8) is 0 Å². The zero-order valence-corrected chi connectivity index (χ0v) is 17.9. The number of carbonyl (C=O) groups excluding carboxylic acids is 1. The second-order valence-corrected chi connectivity index (χ2v) is 9.49. The summed E-state index contributed by atoms with van der Waals surface area (Å²) in [5.74, 6) is 2.02. The van der Waals surface area contributed by atoms with Gasteiger partial charge in [-0.05, 0) is 36.4 Å². The number of nitrogens with zero attached hydrogens (tertiary/aromatic N) is 2. The van der Waals surface area contributed by atoms with Crippen molar-refractivity contribution in [3.05, 3.63) is 46.2 Å². The molecule has 0 bridgehead atoms. The van der Waals surface area contributed by atoms with Crippen molar-refractivity contribution < 1.29 is 14.4 Å². The Balaban J connectivity index is 1.21. The van der Waals surface area contributed by atoms with Gasteiger partial charge in [0.2, 0.25) is 0 Å². The topological polar surface area (TPSA) is 37.2 Å². The summed E-state index contributed by atoms with van der Waals surface area (Å²) < 4.78 is 5.51. The van der Waals surface area contributed by atoms with Crippen molar-refractivity contribution in [2.45, 2.75) is 25.3 Å². The number of fused-ring (bicyclic) bond motifs is 1. The van der Waals surface area contributed by atoms with Gasteiger partial charge in [0, 0.05) is 49.0 Å². The number of hydrogen-bond acceptors (Lipinski definition) is 4. The quantitative estimate of drug-likeness (QED) is 0.816. The minimum absolute atomic E-state index is 0.323. The highest BCUT2D eigenvalue weighted by Crippen LogP contribution is 2.42. The summed E-state index contributed by atoms with van der Waals surface area (Å²) in [6.07, 6.45) is 3.78. The Morgan fingerprint density at radius 1 is 1.17 bits per heavy atom. The van der Waals surface area contributed by atoms with Gasteiger partial charge >= 0.3 is 0 Å². The molecule has 1 N–H and O–H groups in total. The number of hydrogen-bond donors (Lipinski definition) is 1. The highest BCUT2D eigenvalue weighted by Gasteiger charge is 2.44. The minimum atomic E-state index is 0.323. The predicted octanol–water partition coefficient (Wildman–Crippen LogP) is 2.00. The van der Waals surface area contributed by atoms with Crippen molar-refractivity contribution in [1.29, 1.82) is 0 Å². The lowest BCUT2D eigenvalue weighted by Gasteiger charge is -2.38. The SMILES string of the molecule is COc1ccccc1N1CCN(C(=O)C[NH+]2CCc3sccc3[C@H]2C2CC2)CC1. The molecule has 5 rings (SSSR count). The van der Waals surface area contributed by atoms with Crippen LogP contribution in [0.5, 0.6) is 5.75 Å². The van der Waals surface area contributed by atoms with Crippen LogP contribution < -0.4 is 14.5 Å². The minimum Gasteiger partial charge on any atom is -0.495 e. The number of nitrogens with one attached hydrogen (secondary N) is 1. The van der Waals surface area contributed by atoms with E-state index in [1.807, 2.05) is 29.5 Å². The van der Waals surface area contributed by atoms with Gasteiger partial charge in [-0.3, -0.25) is 4.79 Å². The first-order valence-corrected chi connectivity index (χ1v) is 11.7. The first-order chi connectivity index (χ1) is 14.2. The molecule has 2 atom stereocenters. The molecular formula is C23H30N3O2S+. The van der Waals surface area contributed by atoms with Crippen LogP contribution in [0.2, 0.25) is 0 Å². The van der Waals surface area contributed by atoms with Gasteiger partial charge in [-0.1, -0.05) is 12.1 Å². The summed E-state index contributed by atoms with van der Waals surface area (Å²) in [7, 11) is 1.72. The highest BCUT2D eigenvalue weighted by molar-refractivity contribution is 7.10. The van der Waals surface area contributed by atoms with Crippen LogP contribution in [-0.4, -0.2) is 57.2 Å². The lowest BCUT2D eigenvalue weighted by Crippen LogP contribution is -3.14. The normalized spacial score (nSPS) is 24.3. The van der Waals surface area contributed by atoms with Gasteiger partial charge in [-0.15, -0.1) is 11.3 Å². The molecule has 5 nitrogen and oxygen atoms in total. The van der Waals surface area contributed by atoms with Crippen LogP contribution in [0.15, 0.2) is 35.7 Å². The number of amides is 1. The maximum atomic E-state index is 13.1. The number of piperazine rings is 1. The fourth-order valence-corrected chi connectivity index (χ4v) is 6.02. The van der Waals surface area contributed by atoms with Crippen LogP contribution >= 0.6 is 11.3 Å². The lowest BCUT2D eigenvalue weighted by molar-refractivity contribution is -0.929. The number of quaternary nitrogens is 1. The zero-order valence-electron chi connectivity index (χ0n) is 17.1. The Morgan fingerprint density at radius 3 is 2.72 bits per heavy atom. The molecule has 2 aromatic rings. The number of thiophene rings is 1. The molecule has 1 aromatic carbocycles. The van der Waals surface area contributed by atoms with Gasteiger partial charge in [-0.25, -0.2) is 0 Å². The number of methoxy groups -OCH3 is 1. The van der Waals surface area contributed by atoms with Gasteiger partial charge < -0.3 is 19.4 Å². The van der Waals surface area contributed by atoms with Crippen molar-refractivity contribution in [3.8, 4) is 5.75 Å². The van der Waals surface area contributed by atoms with E-state index in [1.165, 1.54) is 23.3 Å². The molecule has 3 heterocycles. The van der Waals surface area contributed by atoms with Crippen LogP contribution in [0, 0.1) is 5.92 Å². The van der Waals surface area contributed by atoms with Crippen molar-refractivity contribution in [2.24, 2.45) is 5.92 Å². The largest absolute Gasteiger partial charge is 0.495 e. The average Bonchev–Trinajstić information content (AvgIpc) is 3.49. The van der Waals surface area contributed by atoms with Gasteiger partial charge in [0.1, 0.15) is 11.8 Å². The van der Waals surface area contributed by atoms with Crippen molar-refractivity contribution in [1.82, 2.24) is 4.90 Å². The van der Waals surface area contributed by atoms with Gasteiger partial charge in [0.05, 0.1) is 19.3 Å². The van der Waals surface area contributed by atoms with Crippen LogP contribution in [0.4, 0.5) is 5.69 Å². The molecule has 6 heteroatoms. The van der Waals surface area contributed by atoms with Gasteiger partial charge in [0.15, 0.2) is 6.54 Å². The van der Waals surface area contributed by atoms with Crippen LogP contribution in [0.3, 0.4) is 0 Å².